The summed E-state index contributed by atoms with van der Waals surface area (Å²) in [7, 11) is 0. The van der Waals surface area contributed by atoms with Crippen LogP contribution in [0.2, 0.25) is 5.02 Å². The number of aliphatic imine (C=N–C) groups is 1. The normalized spacial score (nSPS) is 14.9. The van der Waals surface area contributed by atoms with Crippen molar-refractivity contribution in [3.8, 4) is 11.5 Å². The van der Waals surface area contributed by atoms with Crippen molar-refractivity contribution in [2.24, 2.45) is 10.7 Å². The number of ether oxygens (including phenoxy) is 1. The molecular weight excluding hydrogens is 474 g/mol. The number of anilines is 1. The van der Waals surface area contributed by atoms with Gasteiger partial charge in [0.25, 0.3) is 0 Å². The van der Waals surface area contributed by atoms with E-state index in [9.17, 15) is 4.79 Å². The number of carbonyl (C=O) groups is 1. The topological polar surface area (TPSA) is 92.0 Å². The number of guanidine groups is 1. The van der Waals surface area contributed by atoms with Crippen LogP contribution in [0.15, 0.2) is 83.9 Å². The van der Waals surface area contributed by atoms with Crippen molar-refractivity contribution < 1.29 is 9.53 Å². The quantitative estimate of drug-likeness (QED) is 0.275. The van der Waals surface area contributed by atoms with Gasteiger partial charge in [0.1, 0.15) is 17.5 Å². The van der Waals surface area contributed by atoms with Gasteiger partial charge in [0.2, 0.25) is 5.91 Å². The molecule has 8 heteroatoms. The number of carbonyl (C=O) groups excluding carboxylic acids is 1. The zero-order valence-electron chi connectivity index (χ0n) is 20.2. The molecule has 36 heavy (non-hydrogen) atoms. The minimum Gasteiger partial charge on any atom is -0.457 e. The van der Waals surface area contributed by atoms with Crippen LogP contribution in [-0.4, -0.2) is 49.0 Å². The summed E-state index contributed by atoms with van der Waals surface area (Å²) in [5.74, 6) is 1.42. The second-order valence-corrected chi connectivity index (χ2v) is 9.20. The summed E-state index contributed by atoms with van der Waals surface area (Å²) in [6.07, 6.45) is 2.92. The fraction of sp³-hybridized carbons (Fsp3) is 0.286. The number of nitrogens with two attached hydrogens (primary N) is 1. The highest BCUT2D eigenvalue weighted by Crippen LogP contribution is 2.24. The Morgan fingerprint density at radius 3 is 2.28 bits per heavy atom. The van der Waals surface area contributed by atoms with Crippen LogP contribution >= 0.6 is 11.6 Å². The van der Waals surface area contributed by atoms with E-state index >= 15 is 0 Å². The number of nitrogens with one attached hydrogen (secondary N) is 2. The number of amides is 1. The Kier molecular flexibility index (Phi) is 9.19. The summed E-state index contributed by atoms with van der Waals surface area (Å²) in [6, 6.07) is 23.7. The van der Waals surface area contributed by atoms with Crippen LogP contribution in [0.5, 0.6) is 11.5 Å². The molecule has 0 aliphatic carbocycles. The van der Waals surface area contributed by atoms with E-state index in [0.29, 0.717) is 29.5 Å². The highest BCUT2D eigenvalue weighted by atomic mass is 35.5. The molecule has 3 aromatic rings. The number of rotatable bonds is 10. The van der Waals surface area contributed by atoms with Gasteiger partial charge in [0.15, 0.2) is 5.96 Å². The molecule has 0 unspecified atom stereocenters. The van der Waals surface area contributed by atoms with Crippen LogP contribution in [0.25, 0.3) is 0 Å². The van der Waals surface area contributed by atoms with Gasteiger partial charge in [-0.1, -0.05) is 41.9 Å². The predicted octanol–water partition coefficient (Wildman–Crippen LogP) is 4.68. The molecule has 4 N–H and O–H groups in total. The van der Waals surface area contributed by atoms with Gasteiger partial charge in [-0.15, -0.1) is 0 Å². The van der Waals surface area contributed by atoms with Gasteiger partial charge in [-0.3, -0.25) is 4.79 Å². The van der Waals surface area contributed by atoms with E-state index in [4.69, 9.17) is 22.1 Å². The van der Waals surface area contributed by atoms with Crippen LogP contribution < -0.4 is 21.1 Å². The molecule has 0 saturated carbocycles. The van der Waals surface area contributed by atoms with Crippen molar-refractivity contribution in [3.63, 3.8) is 0 Å². The van der Waals surface area contributed by atoms with Gasteiger partial charge >= 0.3 is 0 Å². The summed E-state index contributed by atoms with van der Waals surface area (Å²) in [5, 5.41) is 6.77. The van der Waals surface area contributed by atoms with E-state index in [1.165, 1.54) is 12.8 Å². The average molecular weight is 506 g/mol. The minimum absolute atomic E-state index is 0.130. The number of benzene rings is 3. The lowest BCUT2D eigenvalue weighted by Crippen LogP contribution is -2.40. The maximum absolute atomic E-state index is 13.0. The second-order valence-electron chi connectivity index (χ2n) is 8.76. The van der Waals surface area contributed by atoms with Crippen molar-refractivity contribution in [2.45, 2.75) is 25.3 Å². The molecule has 1 aliphatic rings. The summed E-state index contributed by atoms with van der Waals surface area (Å²) in [4.78, 5) is 19.9. The molecule has 0 spiro atoms. The van der Waals surface area contributed by atoms with Gasteiger partial charge in [-0.25, -0.2) is 4.99 Å². The number of nitrogens with zero attached hydrogens (tertiary/aromatic N) is 2. The average Bonchev–Trinajstić information content (AvgIpc) is 3.40. The van der Waals surface area contributed by atoms with Crippen LogP contribution in [0.1, 0.15) is 18.4 Å². The fourth-order valence-corrected chi connectivity index (χ4v) is 4.21. The molecule has 1 fully saturated rings. The largest absolute Gasteiger partial charge is 0.457 e. The molecule has 1 amide bonds. The number of hydrogen-bond acceptors (Lipinski definition) is 4. The smallest absolute Gasteiger partial charge is 0.245 e. The molecule has 4 rings (SSSR count). The molecular formula is C28H32ClN5O2. The van der Waals surface area contributed by atoms with Crippen LogP contribution in [-0.2, 0) is 11.2 Å². The summed E-state index contributed by atoms with van der Waals surface area (Å²) in [5.41, 5.74) is 7.98. The highest BCUT2D eigenvalue weighted by molar-refractivity contribution is 6.30. The first-order chi connectivity index (χ1) is 17.5. The summed E-state index contributed by atoms with van der Waals surface area (Å²) >= 11 is 5.92. The van der Waals surface area contributed by atoms with Crippen LogP contribution in [0.4, 0.5) is 5.69 Å². The molecule has 0 radical (unpaired) electrons. The first kappa shape index (κ1) is 25.5. The minimum atomic E-state index is -0.633. The van der Waals surface area contributed by atoms with E-state index in [2.05, 4.69) is 20.5 Å². The third-order valence-electron chi connectivity index (χ3n) is 5.97. The molecule has 3 aromatic carbocycles. The Balaban J connectivity index is 1.37. The molecule has 1 aliphatic heterocycles. The number of likely N-dealkylation sites (tertiary alicyclic amines) is 1. The van der Waals surface area contributed by atoms with E-state index in [0.717, 1.165) is 30.9 Å². The van der Waals surface area contributed by atoms with E-state index < -0.39 is 6.04 Å². The molecule has 7 nitrogen and oxygen atoms in total. The van der Waals surface area contributed by atoms with Crippen molar-refractivity contribution in [1.82, 2.24) is 10.2 Å². The zero-order valence-corrected chi connectivity index (χ0v) is 21.0. The Morgan fingerprint density at radius 1 is 0.972 bits per heavy atom. The van der Waals surface area contributed by atoms with E-state index in [1.807, 2.05) is 66.7 Å². The van der Waals surface area contributed by atoms with E-state index in [1.54, 1.807) is 12.1 Å². The van der Waals surface area contributed by atoms with Crippen molar-refractivity contribution in [2.75, 3.05) is 31.5 Å². The predicted molar refractivity (Wildman–Crippen MR) is 146 cm³/mol. The second kappa shape index (κ2) is 13.0. The van der Waals surface area contributed by atoms with Crippen molar-refractivity contribution in [1.29, 1.82) is 0 Å². The van der Waals surface area contributed by atoms with Crippen LogP contribution in [0.3, 0.4) is 0 Å². The SMILES string of the molecule is NC(=N[C@H](Cc1ccccc1)C(=O)NCCN1CCCC1)Nc1ccc(Oc2ccc(Cl)cc2)cc1. The van der Waals surface area contributed by atoms with Crippen molar-refractivity contribution >= 4 is 29.2 Å². The van der Waals surface area contributed by atoms with Gasteiger partial charge < -0.3 is 26.0 Å². The Labute approximate surface area is 217 Å². The first-order valence-corrected chi connectivity index (χ1v) is 12.6. The molecule has 1 atom stereocenters. The van der Waals surface area contributed by atoms with Crippen LogP contribution in [0, 0.1) is 0 Å². The standard InChI is InChI=1S/C28H32ClN5O2/c29-22-8-12-24(13-9-22)36-25-14-10-23(11-15-25)32-28(30)33-26(20-21-6-2-1-3-7-21)27(35)31-16-19-34-17-4-5-18-34/h1-3,6-15,26H,4-5,16-20H2,(H,31,35)(H3,30,32,33)/t26-/m1/s1. The lowest BCUT2D eigenvalue weighted by Gasteiger charge is -2.18. The molecule has 1 heterocycles. The highest BCUT2D eigenvalue weighted by Gasteiger charge is 2.19. The van der Waals surface area contributed by atoms with Gasteiger partial charge in [0, 0.05) is 30.2 Å². The maximum atomic E-state index is 13.0. The number of hydrogen-bond donors (Lipinski definition) is 3. The summed E-state index contributed by atoms with van der Waals surface area (Å²) in [6.45, 7) is 3.65. The maximum Gasteiger partial charge on any atom is 0.245 e. The Morgan fingerprint density at radius 2 is 1.61 bits per heavy atom. The summed E-state index contributed by atoms with van der Waals surface area (Å²) < 4.78 is 5.83. The molecule has 188 valence electrons. The number of halogens is 1. The van der Waals surface area contributed by atoms with E-state index in [-0.39, 0.29) is 11.9 Å². The molecule has 0 aromatic heterocycles. The third kappa shape index (κ3) is 8.00. The molecule has 1 saturated heterocycles. The zero-order chi connectivity index (χ0) is 25.2. The van der Waals surface area contributed by atoms with Gasteiger partial charge in [-0.2, -0.15) is 0 Å². The Hall–Kier alpha value is -3.55. The molecule has 0 bridgehead atoms. The van der Waals surface area contributed by atoms with Gasteiger partial charge in [-0.05, 0) is 80.0 Å². The van der Waals surface area contributed by atoms with Crippen molar-refractivity contribution in [3.05, 3.63) is 89.4 Å². The lowest BCUT2D eigenvalue weighted by atomic mass is 10.1. The first-order valence-electron chi connectivity index (χ1n) is 12.2. The Bertz CT molecular complexity index is 1130. The van der Waals surface area contributed by atoms with Gasteiger partial charge in [0.05, 0.1) is 0 Å². The monoisotopic (exact) mass is 505 g/mol. The lowest BCUT2D eigenvalue weighted by molar-refractivity contribution is -0.122. The third-order valence-corrected chi connectivity index (χ3v) is 6.22. The fourth-order valence-electron chi connectivity index (χ4n) is 4.09.